The molecule has 0 aromatic heterocycles. The second kappa shape index (κ2) is 5.35. The lowest BCUT2D eigenvalue weighted by Crippen LogP contribution is -2.44. The van der Waals surface area contributed by atoms with Gasteiger partial charge in [-0.1, -0.05) is 42.5 Å². The van der Waals surface area contributed by atoms with E-state index in [1.54, 1.807) is 12.2 Å². The fourth-order valence-electron chi connectivity index (χ4n) is 1.76. The molecule has 2 N–H and O–H groups in total. The standard InChI is InChI=1S/C13H14N2O3/c14-12(16)11-7-4-8-15(11)13(17)18-9-10-5-2-1-3-6-10/h1-7,11H,8-9H2,(H2,14,16). The number of primary amides is 1. The lowest BCUT2D eigenvalue weighted by atomic mass is 10.2. The zero-order chi connectivity index (χ0) is 13.0. The van der Waals surface area contributed by atoms with Crippen LogP contribution >= 0.6 is 0 Å². The molecule has 1 aliphatic rings. The van der Waals surface area contributed by atoms with E-state index < -0.39 is 18.0 Å². The van der Waals surface area contributed by atoms with Crippen molar-refractivity contribution in [2.45, 2.75) is 12.6 Å². The molecule has 1 heterocycles. The van der Waals surface area contributed by atoms with Gasteiger partial charge in [0.2, 0.25) is 5.91 Å². The van der Waals surface area contributed by atoms with Crippen LogP contribution in [0.25, 0.3) is 0 Å². The van der Waals surface area contributed by atoms with Gasteiger partial charge in [-0.25, -0.2) is 4.79 Å². The molecule has 1 aliphatic heterocycles. The van der Waals surface area contributed by atoms with Gasteiger partial charge in [-0.05, 0) is 5.56 Å². The first kappa shape index (κ1) is 12.2. The number of carbonyl (C=O) groups excluding carboxylic acids is 2. The number of hydrogen-bond donors (Lipinski definition) is 1. The van der Waals surface area contributed by atoms with Crippen LogP contribution in [0.2, 0.25) is 0 Å². The molecule has 1 unspecified atom stereocenters. The van der Waals surface area contributed by atoms with Gasteiger partial charge in [0.15, 0.2) is 0 Å². The van der Waals surface area contributed by atoms with Gasteiger partial charge in [-0.15, -0.1) is 0 Å². The molecule has 18 heavy (non-hydrogen) atoms. The van der Waals surface area contributed by atoms with Gasteiger partial charge in [0.05, 0.1) is 0 Å². The third-order valence-corrected chi connectivity index (χ3v) is 2.69. The van der Waals surface area contributed by atoms with Gasteiger partial charge in [0, 0.05) is 6.54 Å². The van der Waals surface area contributed by atoms with Crippen molar-refractivity contribution in [3.63, 3.8) is 0 Å². The van der Waals surface area contributed by atoms with Crippen molar-refractivity contribution < 1.29 is 14.3 Å². The van der Waals surface area contributed by atoms with Crippen LogP contribution in [0.4, 0.5) is 4.79 Å². The Labute approximate surface area is 105 Å². The molecule has 0 fully saturated rings. The Balaban J connectivity index is 1.91. The van der Waals surface area contributed by atoms with Gasteiger partial charge in [0.1, 0.15) is 12.6 Å². The molecule has 1 atom stereocenters. The van der Waals surface area contributed by atoms with Crippen LogP contribution < -0.4 is 5.73 Å². The van der Waals surface area contributed by atoms with E-state index in [4.69, 9.17) is 10.5 Å². The number of rotatable bonds is 3. The molecule has 94 valence electrons. The minimum Gasteiger partial charge on any atom is -0.445 e. The molecule has 0 saturated carbocycles. The topological polar surface area (TPSA) is 72.6 Å². The zero-order valence-corrected chi connectivity index (χ0v) is 9.78. The van der Waals surface area contributed by atoms with Crippen LogP contribution in [-0.4, -0.2) is 29.5 Å². The van der Waals surface area contributed by atoms with Crippen LogP contribution in [-0.2, 0) is 16.1 Å². The number of amides is 2. The number of hydrogen-bond acceptors (Lipinski definition) is 3. The van der Waals surface area contributed by atoms with Crippen LogP contribution in [0.3, 0.4) is 0 Å². The number of nitrogens with zero attached hydrogens (tertiary/aromatic N) is 1. The second-order valence-corrected chi connectivity index (χ2v) is 3.97. The highest BCUT2D eigenvalue weighted by molar-refractivity contribution is 5.87. The Kier molecular flexibility index (Phi) is 3.62. The third-order valence-electron chi connectivity index (χ3n) is 2.69. The van der Waals surface area contributed by atoms with E-state index in [1.807, 2.05) is 30.3 Å². The summed E-state index contributed by atoms with van der Waals surface area (Å²) in [6, 6.07) is 8.65. The fraction of sp³-hybridized carbons (Fsp3) is 0.231. The van der Waals surface area contributed by atoms with E-state index >= 15 is 0 Å². The summed E-state index contributed by atoms with van der Waals surface area (Å²) in [6.45, 7) is 0.531. The summed E-state index contributed by atoms with van der Waals surface area (Å²) >= 11 is 0. The Bertz CT molecular complexity index is 470. The molecule has 0 radical (unpaired) electrons. The van der Waals surface area contributed by atoms with Gasteiger partial charge in [-0.2, -0.15) is 0 Å². The molecule has 0 spiro atoms. The molecule has 5 nitrogen and oxygen atoms in total. The monoisotopic (exact) mass is 246 g/mol. The van der Waals surface area contributed by atoms with Gasteiger partial charge >= 0.3 is 6.09 Å². The molecule has 2 amide bonds. The molecular weight excluding hydrogens is 232 g/mol. The van der Waals surface area contributed by atoms with E-state index in [-0.39, 0.29) is 6.61 Å². The molecule has 0 saturated heterocycles. The van der Waals surface area contributed by atoms with Gasteiger partial charge in [-0.3, -0.25) is 9.69 Å². The average molecular weight is 246 g/mol. The summed E-state index contributed by atoms with van der Waals surface area (Å²) in [6.07, 6.45) is 2.79. The van der Waals surface area contributed by atoms with Crippen molar-refractivity contribution >= 4 is 12.0 Å². The van der Waals surface area contributed by atoms with Gasteiger partial charge < -0.3 is 10.5 Å². The molecule has 0 bridgehead atoms. The largest absolute Gasteiger partial charge is 0.445 e. The number of carbonyl (C=O) groups is 2. The van der Waals surface area contributed by atoms with Crippen molar-refractivity contribution in [1.82, 2.24) is 4.90 Å². The molecule has 0 aliphatic carbocycles. The van der Waals surface area contributed by atoms with Gasteiger partial charge in [0.25, 0.3) is 0 Å². The van der Waals surface area contributed by atoms with Crippen LogP contribution in [0, 0.1) is 0 Å². The molecule has 1 aromatic rings. The van der Waals surface area contributed by atoms with Crippen molar-refractivity contribution in [2.24, 2.45) is 5.73 Å². The van der Waals surface area contributed by atoms with Crippen LogP contribution in [0.15, 0.2) is 42.5 Å². The van der Waals surface area contributed by atoms with E-state index in [0.29, 0.717) is 6.54 Å². The summed E-state index contributed by atoms with van der Waals surface area (Å²) in [5.41, 5.74) is 6.09. The number of ether oxygens (including phenoxy) is 1. The first-order valence-corrected chi connectivity index (χ1v) is 5.62. The number of nitrogens with two attached hydrogens (primary N) is 1. The molecule has 2 rings (SSSR count). The SMILES string of the molecule is NC(=O)C1C=CCN1C(=O)OCc1ccccc1. The summed E-state index contributed by atoms with van der Waals surface area (Å²) in [5.74, 6) is -0.555. The highest BCUT2D eigenvalue weighted by Gasteiger charge is 2.29. The maximum atomic E-state index is 11.8. The second-order valence-electron chi connectivity index (χ2n) is 3.97. The van der Waals surface area contributed by atoms with Crippen LogP contribution in [0.5, 0.6) is 0 Å². The van der Waals surface area contributed by atoms with Crippen molar-refractivity contribution in [3.8, 4) is 0 Å². The predicted molar refractivity (Wildman–Crippen MR) is 65.5 cm³/mol. The maximum absolute atomic E-state index is 11.8. The smallest absolute Gasteiger partial charge is 0.411 e. The number of benzene rings is 1. The Hall–Kier alpha value is -2.30. The summed E-state index contributed by atoms with van der Waals surface area (Å²) in [5, 5.41) is 0. The highest BCUT2D eigenvalue weighted by atomic mass is 16.6. The summed E-state index contributed by atoms with van der Waals surface area (Å²) in [4.78, 5) is 24.2. The lowest BCUT2D eigenvalue weighted by molar-refractivity contribution is -0.120. The van der Waals surface area contributed by atoms with E-state index in [0.717, 1.165) is 5.56 Å². The predicted octanol–water partition coefficient (Wildman–Crippen LogP) is 1.05. The quantitative estimate of drug-likeness (QED) is 0.810. The van der Waals surface area contributed by atoms with Crippen molar-refractivity contribution in [2.75, 3.05) is 6.54 Å². The normalized spacial score (nSPS) is 17.8. The highest BCUT2D eigenvalue weighted by Crippen LogP contribution is 2.12. The molecule has 1 aromatic carbocycles. The minimum absolute atomic E-state index is 0.182. The minimum atomic E-state index is -0.701. The maximum Gasteiger partial charge on any atom is 0.411 e. The third kappa shape index (κ3) is 2.68. The first-order valence-electron chi connectivity index (χ1n) is 5.62. The van der Waals surface area contributed by atoms with Crippen molar-refractivity contribution in [3.05, 3.63) is 48.0 Å². The lowest BCUT2D eigenvalue weighted by Gasteiger charge is -2.21. The molecular formula is C13H14N2O3. The fourth-order valence-corrected chi connectivity index (χ4v) is 1.76. The Morgan fingerprint density at radius 3 is 2.72 bits per heavy atom. The average Bonchev–Trinajstić information content (AvgIpc) is 2.86. The van der Waals surface area contributed by atoms with Crippen molar-refractivity contribution in [1.29, 1.82) is 0 Å². The summed E-state index contributed by atoms with van der Waals surface area (Å²) in [7, 11) is 0. The summed E-state index contributed by atoms with van der Waals surface area (Å²) < 4.78 is 5.13. The first-order chi connectivity index (χ1) is 8.68. The van der Waals surface area contributed by atoms with E-state index in [9.17, 15) is 9.59 Å². The Morgan fingerprint density at radius 1 is 1.33 bits per heavy atom. The zero-order valence-electron chi connectivity index (χ0n) is 9.78. The molecule has 5 heteroatoms. The van der Waals surface area contributed by atoms with Crippen LogP contribution in [0.1, 0.15) is 5.56 Å². The van der Waals surface area contributed by atoms with E-state index in [2.05, 4.69) is 0 Å². The Morgan fingerprint density at radius 2 is 2.06 bits per heavy atom. The van der Waals surface area contributed by atoms with E-state index in [1.165, 1.54) is 4.90 Å².